The monoisotopic (exact) mass is 503 g/mol. The van der Waals surface area contributed by atoms with Gasteiger partial charge in [-0.25, -0.2) is 9.59 Å². The van der Waals surface area contributed by atoms with Crippen molar-refractivity contribution in [1.82, 2.24) is 9.13 Å². The third-order valence-electron chi connectivity index (χ3n) is 5.84. The first-order valence-electron chi connectivity index (χ1n) is 11.2. The third kappa shape index (κ3) is 4.87. The highest BCUT2D eigenvalue weighted by atomic mass is 16.6. The van der Waals surface area contributed by atoms with Crippen LogP contribution >= 0.6 is 0 Å². The van der Waals surface area contributed by atoms with E-state index in [1.807, 2.05) is 0 Å². The number of carboxylic acids is 1. The first-order valence-corrected chi connectivity index (χ1v) is 11.2. The number of non-ortho nitro benzene ring substituents is 1. The van der Waals surface area contributed by atoms with E-state index in [1.54, 1.807) is 31.2 Å². The Morgan fingerprint density at radius 1 is 0.865 bits per heavy atom. The Morgan fingerprint density at radius 2 is 1.41 bits per heavy atom. The molecule has 0 aliphatic carbocycles. The van der Waals surface area contributed by atoms with Gasteiger partial charge in [-0.3, -0.25) is 28.8 Å². The number of nitro benzene ring substituents is 1. The zero-order chi connectivity index (χ0) is 26.7. The maximum absolute atomic E-state index is 13.3. The fourth-order valence-electron chi connectivity index (χ4n) is 4.11. The lowest BCUT2D eigenvalue weighted by Gasteiger charge is -2.17. The summed E-state index contributed by atoms with van der Waals surface area (Å²) in [5.74, 6) is -1.81. The van der Waals surface area contributed by atoms with Crippen molar-refractivity contribution >= 4 is 28.7 Å². The zero-order valence-electron chi connectivity index (χ0n) is 19.6. The van der Waals surface area contributed by atoms with Crippen LogP contribution in [0.25, 0.3) is 11.0 Å². The number of esters is 1. The number of nitro groups is 1. The molecule has 4 aromatic rings. The first kappa shape index (κ1) is 25.0. The lowest BCUT2D eigenvalue weighted by molar-refractivity contribution is -0.384. The minimum atomic E-state index is -1.20. The van der Waals surface area contributed by atoms with Crippen LogP contribution in [0.3, 0.4) is 0 Å². The molecule has 0 saturated heterocycles. The van der Waals surface area contributed by atoms with E-state index in [1.165, 1.54) is 42.5 Å². The van der Waals surface area contributed by atoms with Crippen molar-refractivity contribution < 1.29 is 24.4 Å². The molecule has 0 unspecified atom stereocenters. The van der Waals surface area contributed by atoms with E-state index >= 15 is 0 Å². The number of carbonyl (C=O) groups excluding carboxylic acids is 1. The molecule has 0 bridgehead atoms. The molecule has 1 aromatic heterocycles. The molecule has 3 aromatic carbocycles. The van der Waals surface area contributed by atoms with Crippen LogP contribution in [-0.2, 0) is 17.8 Å². The number of rotatable bonds is 8. The maximum Gasteiger partial charge on any atom is 0.338 e. The summed E-state index contributed by atoms with van der Waals surface area (Å²) in [6, 6.07) is 16.1. The summed E-state index contributed by atoms with van der Waals surface area (Å²) >= 11 is 0. The Hall–Kier alpha value is -5.06. The topological polar surface area (TPSA) is 151 Å². The van der Waals surface area contributed by atoms with Crippen LogP contribution in [0.4, 0.5) is 5.69 Å². The van der Waals surface area contributed by atoms with Crippen molar-refractivity contribution in [1.29, 1.82) is 0 Å². The Bertz CT molecular complexity index is 1670. The molecule has 0 aliphatic heterocycles. The van der Waals surface area contributed by atoms with Gasteiger partial charge in [0.1, 0.15) is 0 Å². The Labute approximate surface area is 208 Å². The molecule has 1 N–H and O–H groups in total. The van der Waals surface area contributed by atoms with Crippen LogP contribution in [0, 0.1) is 10.1 Å². The van der Waals surface area contributed by atoms with E-state index < -0.39 is 28.0 Å². The van der Waals surface area contributed by atoms with Crippen molar-refractivity contribution in [3.05, 3.63) is 120 Å². The molecule has 0 amide bonds. The van der Waals surface area contributed by atoms with E-state index in [9.17, 15) is 34.4 Å². The average molecular weight is 503 g/mol. The summed E-state index contributed by atoms with van der Waals surface area (Å²) < 4.78 is 7.25. The predicted octanol–water partition coefficient (Wildman–Crippen LogP) is 3.04. The number of aromatic nitrogens is 2. The first-order chi connectivity index (χ1) is 17.7. The third-order valence-corrected chi connectivity index (χ3v) is 5.84. The normalized spacial score (nSPS) is 10.8. The molecule has 0 fully saturated rings. The molecular formula is C26H21N3O8. The second-order valence-corrected chi connectivity index (χ2v) is 8.05. The van der Waals surface area contributed by atoms with Gasteiger partial charge in [0.05, 0.1) is 46.8 Å². The number of benzene rings is 3. The minimum Gasteiger partial charge on any atom is -0.478 e. The van der Waals surface area contributed by atoms with Crippen molar-refractivity contribution in [2.45, 2.75) is 20.0 Å². The van der Waals surface area contributed by atoms with Gasteiger partial charge in [-0.2, -0.15) is 0 Å². The summed E-state index contributed by atoms with van der Waals surface area (Å²) in [5, 5.41) is 21.0. The fourth-order valence-corrected chi connectivity index (χ4v) is 4.11. The highest BCUT2D eigenvalue weighted by molar-refractivity contribution is 5.91. The number of carbonyl (C=O) groups is 2. The van der Waals surface area contributed by atoms with Crippen molar-refractivity contribution in [2.24, 2.45) is 0 Å². The van der Waals surface area contributed by atoms with Gasteiger partial charge in [0.25, 0.3) is 5.69 Å². The standard InChI is InChI=1S/C26H21N3O8/c1-2-37-26(34)20-10-6-4-8-17(20)15-28-22-13-18(29(35)36)11-12-21(22)27(23(30)24(28)31)14-16-7-3-5-9-19(16)25(32)33/h3-13H,2,14-15H2,1H3,(H,32,33). The largest absolute Gasteiger partial charge is 0.478 e. The summed E-state index contributed by atoms with van der Waals surface area (Å²) in [6.07, 6.45) is 0. The number of aromatic carboxylic acids is 1. The van der Waals surface area contributed by atoms with Crippen LogP contribution in [0.2, 0.25) is 0 Å². The molecule has 11 nitrogen and oxygen atoms in total. The van der Waals surface area contributed by atoms with Crippen LogP contribution in [-0.4, -0.2) is 37.7 Å². The van der Waals surface area contributed by atoms with Crippen molar-refractivity contribution in [3.63, 3.8) is 0 Å². The Balaban J connectivity index is 1.96. The number of fused-ring (bicyclic) bond motifs is 1. The number of hydrogen-bond donors (Lipinski definition) is 1. The lowest BCUT2D eigenvalue weighted by Crippen LogP contribution is -2.42. The summed E-state index contributed by atoms with van der Waals surface area (Å²) in [7, 11) is 0. The van der Waals surface area contributed by atoms with Crippen molar-refractivity contribution in [3.8, 4) is 0 Å². The molecule has 1 heterocycles. The second kappa shape index (κ2) is 10.3. The Kier molecular flexibility index (Phi) is 6.96. The van der Waals surface area contributed by atoms with Gasteiger partial charge in [-0.1, -0.05) is 36.4 Å². The molecular weight excluding hydrogens is 482 g/mol. The smallest absolute Gasteiger partial charge is 0.338 e. The van der Waals surface area contributed by atoms with E-state index in [2.05, 4.69) is 0 Å². The molecule has 0 saturated carbocycles. The summed E-state index contributed by atoms with van der Waals surface area (Å²) in [5.41, 5.74) is -1.18. The van der Waals surface area contributed by atoms with Gasteiger partial charge < -0.3 is 9.84 Å². The predicted molar refractivity (Wildman–Crippen MR) is 133 cm³/mol. The van der Waals surface area contributed by atoms with Gasteiger partial charge in [-0.15, -0.1) is 0 Å². The van der Waals surface area contributed by atoms with Gasteiger partial charge in [-0.05, 0) is 36.2 Å². The number of carboxylic acid groups (broad SMARTS) is 1. The SMILES string of the molecule is CCOC(=O)c1ccccc1Cn1c(=O)c(=O)n(Cc2ccccc2C(=O)O)c2ccc([N+](=O)[O-])cc21. The van der Waals surface area contributed by atoms with E-state index in [4.69, 9.17) is 4.74 Å². The zero-order valence-corrected chi connectivity index (χ0v) is 19.6. The van der Waals surface area contributed by atoms with Gasteiger partial charge in [0, 0.05) is 12.1 Å². The van der Waals surface area contributed by atoms with Crippen LogP contribution in [0.5, 0.6) is 0 Å². The second-order valence-electron chi connectivity index (χ2n) is 8.05. The molecule has 0 aliphatic rings. The van der Waals surface area contributed by atoms with Crippen LogP contribution in [0.1, 0.15) is 38.8 Å². The molecule has 188 valence electrons. The van der Waals surface area contributed by atoms with Crippen LogP contribution < -0.4 is 11.1 Å². The number of nitrogens with zero attached hydrogens (tertiary/aromatic N) is 3. The maximum atomic E-state index is 13.3. The van der Waals surface area contributed by atoms with E-state index in [0.717, 1.165) is 9.13 Å². The Morgan fingerprint density at radius 3 is 1.97 bits per heavy atom. The highest BCUT2D eigenvalue weighted by Crippen LogP contribution is 2.22. The fraction of sp³-hybridized carbons (Fsp3) is 0.154. The molecule has 0 radical (unpaired) electrons. The van der Waals surface area contributed by atoms with E-state index in [-0.39, 0.29) is 53.1 Å². The van der Waals surface area contributed by atoms with Gasteiger partial charge in [0.2, 0.25) is 0 Å². The lowest BCUT2D eigenvalue weighted by atomic mass is 10.1. The number of ether oxygens (including phenoxy) is 1. The minimum absolute atomic E-state index is 0.0444. The number of hydrogen-bond acceptors (Lipinski definition) is 7. The molecule has 11 heteroatoms. The van der Waals surface area contributed by atoms with Crippen LogP contribution in [0.15, 0.2) is 76.3 Å². The van der Waals surface area contributed by atoms with Gasteiger partial charge >= 0.3 is 23.1 Å². The molecule has 37 heavy (non-hydrogen) atoms. The molecule has 4 rings (SSSR count). The summed E-state index contributed by atoms with van der Waals surface area (Å²) in [6.45, 7) is 1.31. The van der Waals surface area contributed by atoms with Crippen molar-refractivity contribution in [2.75, 3.05) is 6.61 Å². The summed E-state index contributed by atoms with van der Waals surface area (Å²) in [4.78, 5) is 61.6. The average Bonchev–Trinajstić information content (AvgIpc) is 2.89. The van der Waals surface area contributed by atoms with E-state index in [0.29, 0.717) is 5.56 Å². The van der Waals surface area contributed by atoms with Gasteiger partial charge in [0.15, 0.2) is 0 Å². The highest BCUT2D eigenvalue weighted by Gasteiger charge is 2.20. The molecule has 0 spiro atoms. The quantitative estimate of drug-likeness (QED) is 0.167. The molecule has 0 atom stereocenters.